The van der Waals surface area contributed by atoms with Crippen molar-refractivity contribution in [3.8, 4) is 6.07 Å². The number of ether oxygens (including phenoxy) is 1. The summed E-state index contributed by atoms with van der Waals surface area (Å²) >= 11 is 1.26. The Labute approximate surface area is 104 Å². The normalized spacial score (nSPS) is 9.71. The topological polar surface area (TPSA) is 70.3 Å². The van der Waals surface area contributed by atoms with E-state index in [1.807, 2.05) is 6.07 Å². The quantitative estimate of drug-likeness (QED) is 0.637. The maximum atomic E-state index is 11.2. The summed E-state index contributed by atoms with van der Waals surface area (Å²) in [6.07, 6.45) is 0. The van der Waals surface area contributed by atoms with E-state index in [1.165, 1.54) is 11.8 Å². The molecule has 0 unspecified atom stereocenters. The Hall–Kier alpha value is -1.51. The van der Waals surface area contributed by atoms with Gasteiger partial charge in [-0.05, 0) is 24.6 Å². The Bertz CT molecular complexity index is 440. The zero-order chi connectivity index (χ0) is 12.7. The highest BCUT2D eigenvalue weighted by molar-refractivity contribution is 8.00. The third-order valence-corrected chi connectivity index (χ3v) is 3.04. The fourth-order valence-corrected chi connectivity index (χ4v) is 2.01. The first-order valence-corrected chi connectivity index (χ1v) is 6.12. The Morgan fingerprint density at radius 1 is 1.59 bits per heavy atom. The Kier molecular flexibility index (Phi) is 5.53. The van der Waals surface area contributed by atoms with Gasteiger partial charge in [-0.15, -0.1) is 11.8 Å². The molecule has 0 amide bonds. The van der Waals surface area contributed by atoms with Gasteiger partial charge in [0.25, 0.3) is 0 Å². The lowest BCUT2D eigenvalue weighted by Gasteiger charge is -2.05. The second-order valence-electron chi connectivity index (χ2n) is 3.19. The van der Waals surface area contributed by atoms with Gasteiger partial charge in [0.2, 0.25) is 0 Å². The van der Waals surface area contributed by atoms with E-state index in [4.69, 9.17) is 15.1 Å². The molecule has 0 bridgehead atoms. The van der Waals surface area contributed by atoms with Crippen molar-refractivity contribution in [2.24, 2.45) is 0 Å². The smallest absolute Gasteiger partial charge is 0.316 e. The van der Waals surface area contributed by atoms with Crippen molar-refractivity contribution in [2.75, 3.05) is 12.4 Å². The van der Waals surface area contributed by atoms with Crippen LogP contribution in [-0.2, 0) is 16.1 Å². The molecule has 4 nitrogen and oxygen atoms in total. The third kappa shape index (κ3) is 4.10. The zero-order valence-corrected chi connectivity index (χ0v) is 10.3. The van der Waals surface area contributed by atoms with Crippen LogP contribution >= 0.6 is 11.8 Å². The molecule has 1 aromatic rings. The van der Waals surface area contributed by atoms with E-state index in [9.17, 15) is 4.79 Å². The van der Waals surface area contributed by atoms with Gasteiger partial charge in [0.1, 0.15) is 6.07 Å². The summed E-state index contributed by atoms with van der Waals surface area (Å²) in [7, 11) is 0. The first-order chi connectivity index (χ1) is 8.21. The maximum Gasteiger partial charge on any atom is 0.316 e. The minimum absolute atomic E-state index is 0.0997. The summed E-state index contributed by atoms with van der Waals surface area (Å²) in [4.78, 5) is 11.9. The highest BCUT2D eigenvalue weighted by Gasteiger charge is 2.07. The number of hydrogen-bond acceptors (Lipinski definition) is 5. The summed E-state index contributed by atoms with van der Waals surface area (Å²) in [6.45, 7) is 2.00. The van der Waals surface area contributed by atoms with Gasteiger partial charge in [-0.1, -0.05) is 6.07 Å². The Morgan fingerprint density at radius 3 is 2.94 bits per heavy atom. The Morgan fingerprint density at radius 2 is 2.35 bits per heavy atom. The summed E-state index contributed by atoms with van der Waals surface area (Å²) in [5.74, 6) is -0.117. The van der Waals surface area contributed by atoms with Crippen LogP contribution in [-0.4, -0.2) is 23.4 Å². The number of benzene rings is 1. The van der Waals surface area contributed by atoms with Crippen molar-refractivity contribution in [2.45, 2.75) is 18.4 Å². The molecule has 0 aliphatic rings. The zero-order valence-electron chi connectivity index (χ0n) is 9.47. The molecule has 0 atom stereocenters. The van der Waals surface area contributed by atoms with Gasteiger partial charge in [0.15, 0.2) is 0 Å². The second kappa shape index (κ2) is 6.94. The highest BCUT2D eigenvalue weighted by atomic mass is 32.2. The van der Waals surface area contributed by atoms with Crippen LogP contribution in [0.2, 0.25) is 0 Å². The van der Waals surface area contributed by atoms with E-state index in [2.05, 4.69) is 0 Å². The van der Waals surface area contributed by atoms with Gasteiger partial charge in [-0.3, -0.25) is 4.79 Å². The summed E-state index contributed by atoms with van der Waals surface area (Å²) in [5, 5.41) is 17.9. The number of esters is 1. The fraction of sp³-hybridized carbons (Fsp3) is 0.333. The van der Waals surface area contributed by atoms with E-state index in [0.717, 1.165) is 4.90 Å². The number of hydrogen-bond donors (Lipinski definition) is 1. The van der Waals surface area contributed by atoms with Gasteiger partial charge >= 0.3 is 5.97 Å². The van der Waals surface area contributed by atoms with Crippen molar-refractivity contribution in [3.05, 3.63) is 29.3 Å². The number of carbonyl (C=O) groups excluding carboxylic acids is 1. The summed E-state index contributed by atoms with van der Waals surface area (Å²) in [6, 6.07) is 7.12. The predicted octanol–water partition coefficient (Wildman–Crippen LogP) is 1.71. The molecule has 17 heavy (non-hydrogen) atoms. The molecule has 0 saturated heterocycles. The molecule has 0 aliphatic heterocycles. The first kappa shape index (κ1) is 13.6. The van der Waals surface area contributed by atoms with E-state index >= 15 is 0 Å². The number of nitriles is 1. The fourth-order valence-electron chi connectivity index (χ4n) is 1.23. The predicted molar refractivity (Wildman–Crippen MR) is 64.4 cm³/mol. The molecule has 0 heterocycles. The third-order valence-electron chi connectivity index (χ3n) is 2.00. The van der Waals surface area contributed by atoms with Gasteiger partial charge in [-0.2, -0.15) is 5.26 Å². The molecule has 0 aromatic heterocycles. The molecule has 0 fully saturated rings. The molecule has 1 aromatic carbocycles. The van der Waals surface area contributed by atoms with Gasteiger partial charge in [0.05, 0.1) is 24.5 Å². The molecule has 1 N–H and O–H groups in total. The van der Waals surface area contributed by atoms with E-state index in [1.54, 1.807) is 25.1 Å². The minimum atomic E-state index is -0.298. The molecule has 0 aliphatic carbocycles. The van der Waals surface area contributed by atoms with Crippen LogP contribution in [0.25, 0.3) is 0 Å². The lowest BCUT2D eigenvalue weighted by Crippen LogP contribution is -2.06. The van der Waals surface area contributed by atoms with Crippen LogP contribution in [0.4, 0.5) is 0 Å². The summed E-state index contributed by atoms with van der Waals surface area (Å²) in [5.41, 5.74) is 1.15. The SMILES string of the molecule is CCOC(=O)CSc1ccc(CO)cc1C#N. The molecule has 0 radical (unpaired) electrons. The van der Waals surface area contributed by atoms with Crippen LogP contribution in [0.5, 0.6) is 0 Å². The average Bonchev–Trinajstić information content (AvgIpc) is 2.36. The number of thioether (sulfide) groups is 1. The first-order valence-electron chi connectivity index (χ1n) is 5.13. The van der Waals surface area contributed by atoms with Crippen LogP contribution in [0, 0.1) is 11.3 Å². The molecule has 1 rings (SSSR count). The van der Waals surface area contributed by atoms with E-state index < -0.39 is 0 Å². The largest absolute Gasteiger partial charge is 0.465 e. The number of rotatable bonds is 5. The number of carbonyl (C=O) groups is 1. The second-order valence-corrected chi connectivity index (χ2v) is 4.21. The minimum Gasteiger partial charge on any atom is -0.465 e. The van der Waals surface area contributed by atoms with Crippen LogP contribution in [0.1, 0.15) is 18.1 Å². The van der Waals surface area contributed by atoms with Crippen molar-refractivity contribution >= 4 is 17.7 Å². The van der Waals surface area contributed by atoms with Gasteiger partial charge in [0, 0.05) is 4.90 Å². The lowest BCUT2D eigenvalue weighted by atomic mass is 10.1. The van der Waals surface area contributed by atoms with Crippen molar-refractivity contribution < 1.29 is 14.6 Å². The standard InChI is InChI=1S/C12H13NO3S/c1-2-16-12(15)8-17-11-4-3-9(7-14)5-10(11)6-13/h3-5,14H,2,7-8H2,1H3. The number of aliphatic hydroxyl groups excluding tert-OH is 1. The maximum absolute atomic E-state index is 11.2. The molecule has 90 valence electrons. The van der Waals surface area contributed by atoms with Crippen LogP contribution in [0.15, 0.2) is 23.1 Å². The van der Waals surface area contributed by atoms with Gasteiger partial charge < -0.3 is 9.84 Å². The number of nitrogens with zero attached hydrogens (tertiary/aromatic N) is 1. The molecule has 0 saturated carbocycles. The monoisotopic (exact) mass is 251 g/mol. The molecule has 0 spiro atoms. The van der Waals surface area contributed by atoms with Crippen molar-refractivity contribution in [1.82, 2.24) is 0 Å². The molecular formula is C12H13NO3S. The Balaban J connectivity index is 2.71. The van der Waals surface area contributed by atoms with E-state index in [0.29, 0.717) is 17.7 Å². The van der Waals surface area contributed by atoms with Crippen molar-refractivity contribution in [3.63, 3.8) is 0 Å². The highest BCUT2D eigenvalue weighted by Crippen LogP contribution is 2.23. The van der Waals surface area contributed by atoms with Crippen LogP contribution in [0.3, 0.4) is 0 Å². The summed E-state index contributed by atoms with van der Waals surface area (Å²) < 4.78 is 4.80. The van der Waals surface area contributed by atoms with Gasteiger partial charge in [-0.25, -0.2) is 0 Å². The lowest BCUT2D eigenvalue weighted by molar-refractivity contribution is -0.139. The van der Waals surface area contributed by atoms with Crippen LogP contribution < -0.4 is 0 Å². The molecule has 5 heteroatoms. The van der Waals surface area contributed by atoms with Crippen molar-refractivity contribution in [1.29, 1.82) is 5.26 Å². The van der Waals surface area contributed by atoms with E-state index in [-0.39, 0.29) is 18.3 Å². The number of aliphatic hydroxyl groups is 1. The molecular weight excluding hydrogens is 238 g/mol. The average molecular weight is 251 g/mol.